The van der Waals surface area contributed by atoms with E-state index in [0.29, 0.717) is 29.7 Å². The molecule has 0 saturated carbocycles. The Morgan fingerprint density at radius 2 is 2.22 bits per heavy atom. The fraction of sp³-hybridized carbons (Fsp3) is 0.412. The normalized spacial score (nSPS) is 22.2. The lowest BCUT2D eigenvalue weighted by Crippen LogP contribution is -2.43. The highest BCUT2D eigenvalue weighted by atomic mass is 32.1. The van der Waals surface area contributed by atoms with Crippen molar-refractivity contribution >= 4 is 17.3 Å². The molecule has 1 aromatic carbocycles. The minimum absolute atomic E-state index is 0.273. The molecule has 1 aromatic heterocycles. The largest absolute Gasteiger partial charge is 0.481 e. The van der Waals surface area contributed by atoms with Crippen molar-refractivity contribution in [1.29, 1.82) is 0 Å². The molecule has 122 valence electrons. The predicted molar refractivity (Wildman–Crippen MR) is 87.7 cm³/mol. The van der Waals surface area contributed by atoms with Crippen molar-refractivity contribution < 1.29 is 14.3 Å². The van der Waals surface area contributed by atoms with Crippen molar-refractivity contribution in [3.05, 3.63) is 41.2 Å². The lowest BCUT2D eigenvalue weighted by Gasteiger charge is -2.36. The molecule has 1 saturated heterocycles. The Morgan fingerprint density at radius 1 is 1.43 bits per heavy atom. The van der Waals surface area contributed by atoms with Gasteiger partial charge in [-0.25, -0.2) is 9.37 Å². The van der Waals surface area contributed by atoms with Gasteiger partial charge >= 0.3 is 5.97 Å². The van der Waals surface area contributed by atoms with Crippen molar-refractivity contribution in [3.8, 4) is 10.6 Å². The molecule has 0 radical (unpaired) electrons. The summed E-state index contributed by atoms with van der Waals surface area (Å²) in [4.78, 5) is 18.7. The van der Waals surface area contributed by atoms with Crippen LogP contribution in [0.3, 0.4) is 0 Å². The third-order valence-electron chi connectivity index (χ3n) is 4.38. The van der Waals surface area contributed by atoms with Gasteiger partial charge in [-0.15, -0.1) is 11.3 Å². The van der Waals surface area contributed by atoms with Gasteiger partial charge in [0.15, 0.2) is 0 Å². The highest BCUT2D eigenvalue weighted by Gasteiger charge is 2.30. The molecule has 2 aromatic rings. The number of nitrogens with zero attached hydrogens (tertiary/aromatic N) is 2. The molecule has 1 aliphatic rings. The molecule has 0 spiro atoms. The number of likely N-dealkylation sites (tertiary alicyclic amines) is 1. The number of hydrogen-bond donors (Lipinski definition) is 1. The second-order valence-corrected chi connectivity index (χ2v) is 7.12. The van der Waals surface area contributed by atoms with Crippen LogP contribution in [0.5, 0.6) is 0 Å². The number of aliphatic carboxylic acids is 1. The lowest BCUT2D eigenvalue weighted by molar-refractivity contribution is -0.144. The fourth-order valence-corrected chi connectivity index (χ4v) is 3.91. The first-order valence-electron chi connectivity index (χ1n) is 7.71. The maximum Gasteiger partial charge on any atom is 0.307 e. The van der Waals surface area contributed by atoms with E-state index in [4.69, 9.17) is 0 Å². The first-order valence-corrected chi connectivity index (χ1v) is 8.52. The van der Waals surface area contributed by atoms with Gasteiger partial charge < -0.3 is 5.11 Å². The number of aromatic nitrogens is 1. The molecule has 2 unspecified atom stereocenters. The molecule has 1 aliphatic heterocycles. The number of piperidine rings is 1. The SMILES string of the molecule is CC1CCC(C(=O)O)CN1Cc1cnc(-c2ccccc2F)s1. The molecule has 0 amide bonds. The van der Waals surface area contributed by atoms with Crippen LogP contribution < -0.4 is 0 Å². The van der Waals surface area contributed by atoms with Gasteiger partial charge in [-0.2, -0.15) is 0 Å². The van der Waals surface area contributed by atoms with Crippen LogP contribution in [0.2, 0.25) is 0 Å². The van der Waals surface area contributed by atoms with Crippen LogP contribution in [0.4, 0.5) is 4.39 Å². The molecule has 1 fully saturated rings. The maximum absolute atomic E-state index is 13.8. The zero-order chi connectivity index (χ0) is 16.4. The summed E-state index contributed by atoms with van der Waals surface area (Å²) in [5, 5.41) is 9.88. The third kappa shape index (κ3) is 3.59. The first kappa shape index (κ1) is 16.1. The van der Waals surface area contributed by atoms with Gasteiger partial charge in [0.2, 0.25) is 0 Å². The summed E-state index contributed by atoms with van der Waals surface area (Å²) in [5.41, 5.74) is 0.513. The van der Waals surface area contributed by atoms with Gasteiger partial charge in [-0.3, -0.25) is 9.69 Å². The average Bonchev–Trinajstić information content (AvgIpc) is 2.98. The summed E-state index contributed by atoms with van der Waals surface area (Å²) in [6.45, 7) is 3.34. The van der Waals surface area contributed by atoms with E-state index in [1.54, 1.807) is 24.4 Å². The third-order valence-corrected chi connectivity index (χ3v) is 5.39. The Bertz CT molecular complexity index is 703. The number of carbonyl (C=O) groups is 1. The molecule has 6 heteroatoms. The van der Waals surface area contributed by atoms with Crippen molar-refractivity contribution in [2.24, 2.45) is 5.92 Å². The van der Waals surface area contributed by atoms with Crippen molar-refractivity contribution in [2.45, 2.75) is 32.4 Å². The highest BCUT2D eigenvalue weighted by molar-refractivity contribution is 7.15. The van der Waals surface area contributed by atoms with Gasteiger partial charge in [-0.1, -0.05) is 12.1 Å². The summed E-state index contributed by atoms with van der Waals surface area (Å²) in [6, 6.07) is 6.96. The van der Waals surface area contributed by atoms with Crippen LogP contribution in [0.25, 0.3) is 10.6 Å². The lowest BCUT2D eigenvalue weighted by atomic mass is 9.93. The molecule has 4 nitrogen and oxygen atoms in total. The molecular formula is C17H19FN2O2S. The van der Waals surface area contributed by atoms with Crippen molar-refractivity contribution in [1.82, 2.24) is 9.88 Å². The van der Waals surface area contributed by atoms with Gasteiger partial charge in [0.1, 0.15) is 10.8 Å². The Morgan fingerprint density at radius 3 is 2.96 bits per heavy atom. The molecule has 2 atom stereocenters. The quantitative estimate of drug-likeness (QED) is 0.927. The number of hydrogen-bond acceptors (Lipinski definition) is 4. The minimum atomic E-state index is -0.724. The monoisotopic (exact) mass is 334 g/mol. The number of rotatable bonds is 4. The van der Waals surface area contributed by atoms with Gasteiger partial charge in [0.05, 0.1) is 5.92 Å². The van der Waals surface area contributed by atoms with Crippen molar-refractivity contribution in [2.75, 3.05) is 6.54 Å². The molecular weight excluding hydrogens is 315 g/mol. The smallest absolute Gasteiger partial charge is 0.307 e. The fourth-order valence-electron chi connectivity index (χ4n) is 2.94. The Balaban J connectivity index is 1.73. The summed E-state index contributed by atoms with van der Waals surface area (Å²) in [5.74, 6) is -1.30. The molecule has 2 heterocycles. The second-order valence-electron chi connectivity index (χ2n) is 6.00. The van der Waals surface area contributed by atoms with E-state index in [0.717, 1.165) is 17.7 Å². The maximum atomic E-state index is 13.8. The molecule has 3 rings (SSSR count). The van der Waals surface area contributed by atoms with Crippen LogP contribution in [0.15, 0.2) is 30.5 Å². The number of halogens is 1. The molecule has 0 aliphatic carbocycles. The van der Waals surface area contributed by atoms with E-state index in [1.807, 2.05) is 0 Å². The number of carboxylic acids is 1. The van der Waals surface area contributed by atoms with E-state index in [2.05, 4.69) is 16.8 Å². The van der Waals surface area contributed by atoms with Gasteiger partial charge in [0, 0.05) is 35.8 Å². The van der Waals surface area contributed by atoms with E-state index in [1.165, 1.54) is 17.4 Å². The second kappa shape index (κ2) is 6.76. The van der Waals surface area contributed by atoms with Crippen LogP contribution in [-0.4, -0.2) is 33.5 Å². The zero-order valence-corrected chi connectivity index (χ0v) is 13.7. The van der Waals surface area contributed by atoms with E-state index >= 15 is 0 Å². The van der Waals surface area contributed by atoms with Gasteiger partial charge in [0.25, 0.3) is 0 Å². The Hall–Kier alpha value is -1.79. The summed E-state index contributed by atoms with van der Waals surface area (Å²) >= 11 is 1.47. The summed E-state index contributed by atoms with van der Waals surface area (Å²) in [7, 11) is 0. The number of carboxylic acid groups (broad SMARTS) is 1. The van der Waals surface area contributed by atoms with Crippen LogP contribution in [0.1, 0.15) is 24.6 Å². The molecule has 1 N–H and O–H groups in total. The number of benzene rings is 1. The standard InChI is InChI=1S/C17H19FN2O2S/c1-11-6-7-12(17(21)22)9-20(11)10-13-8-19-16(23-13)14-4-2-3-5-15(14)18/h2-5,8,11-12H,6-7,9-10H2,1H3,(H,21,22). The first-order chi connectivity index (χ1) is 11.0. The van der Waals surface area contributed by atoms with Crippen LogP contribution >= 0.6 is 11.3 Å². The predicted octanol–water partition coefficient (Wildman–Crippen LogP) is 3.63. The minimum Gasteiger partial charge on any atom is -0.481 e. The van der Waals surface area contributed by atoms with Crippen LogP contribution in [0, 0.1) is 11.7 Å². The Kier molecular flexibility index (Phi) is 4.73. The number of thiazole rings is 1. The highest BCUT2D eigenvalue weighted by Crippen LogP contribution is 2.30. The van der Waals surface area contributed by atoms with E-state index in [9.17, 15) is 14.3 Å². The average molecular weight is 334 g/mol. The Labute approximate surface area is 138 Å². The van der Waals surface area contributed by atoms with E-state index in [-0.39, 0.29) is 11.7 Å². The van der Waals surface area contributed by atoms with Gasteiger partial charge in [-0.05, 0) is 31.9 Å². The summed E-state index contributed by atoms with van der Waals surface area (Å²) < 4.78 is 13.8. The molecule has 23 heavy (non-hydrogen) atoms. The van der Waals surface area contributed by atoms with E-state index < -0.39 is 5.97 Å². The molecule has 0 bridgehead atoms. The zero-order valence-electron chi connectivity index (χ0n) is 12.9. The van der Waals surface area contributed by atoms with Crippen molar-refractivity contribution in [3.63, 3.8) is 0 Å². The summed E-state index contributed by atoms with van der Waals surface area (Å²) in [6.07, 6.45) is 3.38. The topological polar surface area (TPSA) is 53.4 Å². The van der Waals surface area contributed by atoms with Crippen LogP contribution in [-0.2, 0) is 11.3 Å².